The molecule has 80 valence electrons. The summed E-state index contributed by atoms with van der Waals surface area (Å²) in [4.78, 5) is 0. The molecule has 0 aromatic heterocycles. The predicted octanol–water partition coefficient (Wildman–Crippen LogP) is 4.12. The molecule has 2 nitrogen and oxygen atoms in total. The van der Waals surface area contributed by atoms with Gasteiger partial charge in [0.25, 0.3) is 0 Å². The average molecular weight is 307 g/mol. The monoisotopic (exact) mass is 307 g/mol. The lowest BCUT2D eigenvalue weighted by Gasteiger charge is -2.02. The summed E-state index contributed by atoms with van der Waals surface area (Å²) < 4.78 is 0.606. The van der Waals surface area contributed by atoms with Crippen LogP contribution in [0.2, 0.25) is 0 Å². The minimum atomic E-state index is 0.290. The number of aliphatic hydroxyl groups excluding tert-OH is 1. The largest absolute Gasteiger partial charge is 0.511 e. The van der Waals surface area contributed by atoms with Crippen LogP contribution < -0.4 is 0 Å². The van der Waals surface area contributed by atoms with E-state index in [0.29, 0.717) is 22.2 Å². The summed E-state index contributed by atoms with van der Waals surface area (Å²) in [5, 5.41) is 18.2. The maximum absolute atomic E-state index is 9.52. The van der Waals surface area contributed by atoms with Gasteiger partial charge >= 0.3 is 0 Å². The highest BCUT2D eigenvalue weighted by atomic mass is 127. The van der Waals surface area contributed by atoms with Crippen LogP contribution in [0.15, 0.2) is 11.3 Å². The van der Waals surface area contributed by atoms with E-state index >= 15 is 0 Å². The lowest BCUT2D eigenvalue weighted by Crippen LogP contribution is -1.91. The summed E-state index contributed by atoms with van der Waals surface area (Å²) in [6.07, 6.45) is 6.54. The number of nitriles is 1. The Hall–Kier alpha value is -0.240. The van der Waals surface area contributed by atoms with Crippen LogP contribution in [0.1, 0.15) is 45.4 Å². The first-order valence-corrected chi connectivity index (χ1v) is 6.65. The zero-order valence-corrected chi connectivity index (χ0v) is 10.9. The quantitative estimate of drug-likeness (QED) is 0.253. The number of nitrogens with zero attached hydrogens (tertiary/aromatic N) is 1. The molecule has 0 aliphatic carbocycles. The van der Waals surface area contributed by atoms with Crippen molar-refractivity contribution in [2.75, 3.05) is 4.43 Å². The van der Waals surface area contributed by atoms with Gasteiger partial charge in [0, 0.05) is 10.8 Å². The van der Waals surface area contributed by atoms with Crippen LogP contribution in [0.4, 0.5) is 0 Å². The molecule has 0 amide bonds. The van der Waals surface area contributed by atoms with Crippen molar-refractivity contribution in [1.29, 1.82) is 5.26 Å². The van der Waals surface area contributed by atoms with Crippen LogP contribution >= 0.6 is 22.6 Å². The summed E-state index contributed by atoms with van der Waals surface area (Å²) in [5.74, 6) is 0.290. The molecule has 0 aliphatic heterocycles. The second kappa shape index (κ2) is 9.32. The third-order valence-corrected chi connectivity index (χ3v) is 2.90. The van der Waals surface area contributed by atoms with E-state index in [1.54, 1.807) is 0 Å². The van der Waals surface area contributed by atoms with E-state index in [9.17, 15) is 5.11 Å². The molecule has 0 heterocycles. The maximum Gasteiger partial charge on any atom is 0.107 e. The van der Waals surface area contributed by atoms with Crippen molar-refractivity contribution in [2.24, 2.45) is 0 Å². The summed E-state index contributed by atoms with van der Waals surface area (Å²) >= 11 is 2.10. The second-order valence-corrected chi connectivity index (χ2v) is 4.10. The van der Waals surface area contributed by atoms with Crippen LogP contribution in [-0.4, -0.2) is 9.53 Å². The maximum atomic E-state index is 9.52. The van der Waals surface area contributed by atoms with Crippen molar-refractivity contribution in [3.05, 3.63) is 11.3 Å². The van der Waals surface area contributed by atoms with Crippen LogP contribution in [0.5, 0.6) is 0 Å². The van der Waals surface area contributed by atoms with E-state index in [4.69, 9.17) is 5.26 Å². The number of halogens is 1. The van der Waals surface area contributed by atoms with E-state index in [2.05, 4.69) is 29.5 Å². The minimum Gasteiger partial charge on any atom is -0.511 e. The molecule has 0 rings (SSSR count). The molecule has 0 bridgehead atoms. The first-order chi connectivity index (χ1) is 6.76. The Morgan fingerprint density at radius 1 is 1.29 bits per heavy atom. The number of hydrogen-bond donors (Lipinski definition) is 1. The Morgan fingerprint density at radius 3 is 2.43 bits per heavy atom. The summed E-state index contributed by atoms with van der Waals surface area (Å²) in [5.41, 5.74) is 0.529. The highest BCUT2D eigenvalue weighted by Crippen LogP contribution is 2.13. The van der Waals surface area contributed by atoms with Crippen LogP contribution in [0.25, 0.3) is 0 Å². The fourth-order valence-corrected chi connectivity index (χ4v) is 1.83. The lowest BCUT2D eigenvalue weighted by molar-refractivity contribution is 0.376. The first kappa shape index (κ1) is 13.8. The molecule has 1 N–H and O–H groups in total. The normalized spacial score (nSPS) is 12.1. The molecule has 0 aromatic carbocycles. The predicted molar refractivity (Wildman–Crippen MR) is 67.5 cm³/mol. The van der Waals surface area contributed by atoms with Crippen molar-refractivity contribution < 1.29 is 5.11 Å². The van der Waals surface area contributed by atoms with E-state index in [-0.39, 0.29) is 0 Å². The van der Waals surface area contributed by atoms with E-state index in [1.165, 1.54) is 19.3 Å². The molecule has 0 radical (unpaired) electrons. The van der Waals surface area contributed by atoms with Crippen LogP contribution in [0, 0.1) is 11.3 Å². The van der Waals surface area contributed by atoms with Gasteiger partial charge in [0.05, 0.1) is 11.6 Å². The van der Waals surface area contributed by atoms with Gasteiger partial charge in [-0.25, -0.2) is 0 Å². The Kier molecular flexibility index (Phi) is 9.16. The number of rotatable bonds is 7. The molecular weight excluding hydrogens is 289 g/mol. The van der Waals surface area contributed by atoms with Crippen LogP contribution in [-0.2, 0) is 0 Å². The van der Waals surface area contributed by atoms with Gasteiger partial charge in [-0.2, -0.15) is 5.26 Å². The van der Waals surface area contributed by atoms with Crippen molar-refractivity contribution in [3.8, 4) is 6.07 Å². The molecule has 0 fully saturated rings. The smallest absolute Gasteiger partial charge is 0.107 e. The number of unbranched alkanes of at least 4 members (excludes halogenated alkanes) is 4. The van der Waals surface area contributed by atoms with Gasteiger partial charge in [-0.1, -0.05) is 55.2 Å². The van der Waals surface area contributed by atoms with Gasteiger partial charge in [-0.15, -0.1) is 0 Å². The third kappa shape index (κ3) is 6.25. The summed E-state index contributed by atoms with van der Waals surface area (Å²) in [7, 11) is 0. The Labute approximate surface area is 100 Å². The molecule has 3 heteroatoms. The van der Waals surface area contributed by atoms with Gasteiger partial charge in [-0.05, 0) is 6.42 Å². The Balaban J connectivity index is 3.68. The number of alkyl halides is 1. The fourth-order valence-electron chi connectivity index (χ4n) is 1.22. The van der Waals surface area contributed by atoms with Gasteiger partial charge < -0.3 is 5.11 Å². The third-order valence-electron chi connectivity index (χ3n) is 2.13. The summed E-state index contributed by atoms with van der Waals surface area (Å²) in [6.45, 7) is 2.18. The SMILES string of the molecule is CCCCCCC/C(O)=C(/C#N)CI. The second-order valence-electron chi connectivity index (χ2n) is 3.33. The number of allylic oxidation sites excluding steroid dienone is 2. The molecule has 0 atom stereocenters. The fraction of sp³-hybridized carbons (Fsp3) is 0.727. The van der Waals surface area contributed by atoms with Gasteiger partial charge in [-0.3, -0.25) is 0 Å². The molecular formula is C11H18INO. The lowest BCUT2D eigenvalue weighted by atomic mass is 10.1. The molecule has 0 aromatic rings. The van der Waals surface area contributed by atoms with Crippen molar-refractivity contribution in [1.82, 2.24) is 0 Å². The van der Waals surface area contributed by atoms with E-state index in [1.807, 2.05) is 6.07 Å². The molecule has 0 unspecified atom stereocenters. The topological polar surface area (TPSA) is 44.0 Å². The standard InChI is InChI=1S/C11H18INO/c1-2-3-4-5-6-7-11(14)10(8-12)9-13/h14H,2-8H2,1H3/b11-10-. The minimum absolute atomic E-state index is 0.290. The molecule has 0 saturated heterocycles. The highest BCUT2D eigenvalue weighted by molar-refractivity contribution is 14.1. The molecule has 0 spiro atoms. The average Bonchev–Trinajstić information content (AvgIpc) is 2.19. The Morgan fingerprint density at radius 2 is 1.93 bits per heavy atom. The van der Waals surface area contributed by atoms with Gasteiger partial charge in [0.15, 0.2) is 0 Å². The van der Waals surface area contributed by atoms with Crippen molar-refractivity contribution in [2.45, 2.75) is 45.4 Å². The zero-order chi connectivity index (χ0) is 10.8. The van der Waals surface area contributed by atoms with Crippen molar-refractivity contribution in [3.63, 3.8) is 0 Å². The van der Waals surface area contributed by atoms with Crippen molar-refractivity contribution >= 4 is 22.6 Å². The highest BCUT2D eigenvalue weighted by Gasteiger charge is 2.02. The number of aliphatic hydroxyl groups is 1. The summed E-state index contributed by atoms with van der Waals surface area (Å²) in [6, 6.07) is 2.03. The first-order valence-electron chi connectivity index (χ1n) is 5.13. The van der Waals surface area contributed by atoms with Gasteiger partial charge in [0.1, 0.15) is 5.76 Å². The van der Waals surface area contributed by atoms with E-state index < -0.39 is 0 Å². The molecule has 0 saturated carbocycles. The van der Waals surface area contributed by atoms with Crippen LogP contribution in [0.3, 0.4) is 0 Å². The Bertz CT molecular complexity index is 218. The number of hydrogen-bond acceptors (Lipinski definition) is 2. The zero-order valence-electron chi connectivity index (χ0n) is 8.72. The molecule has 14 heavy (non-hydrogen) atoms. The van der Waals surface area contributed by atoms with E-state index in [0.717, 1.165) is 12.8 Å². The van der Waals surface area contributed by atoms with Gasteiger partial charge in [0.2, 0.25) is 0 Å². The molecule has 0 aliphatic rings.